The molecule has 0 N–H and O–H groups in total. The van der Waals surface area contributed by atoms with E-state index in [0.717, 1.165) is 19.3 Å². The van der Waals surface area contributed by atoms with Gasteiger partial charge in [-0.25, -0.2) is 0 Å². The van der Waals surface area contributed by atoms with Gasteiger partial charge < -0.3 is 14.2 Å². The Kier molecular flexibility index (Phi) is 3.96. The lowest BCUT2D eigenvalue weighted by atomic mass is 9.94. The van der Waals surface area contributed by atoms with Crippen LogP contribution in [0.2, 0.25) is 0 Å². The highest BCUT2D eigenvalue weighted by molar-refractivity contribution is 5.65. The second kappa shape index (κ2) is 5.46. The number of rotatable bonds is 3. The standard InChI is InChI=1S/C12H18O4/c1-9(13)14-7-11-8-15-12(16-11)10-5-3-2-4-6-10/h2-3,10-12H,4-8H2,1H3/t10-,11+,12+/m0/s1. The Morgan fingerprint density at radius 2 is 2.38 bits per heavy atom. The van der Waals surface area contributed by atoms with Gasteiger partial charge in [0.1, 0.15) is 12.7 Å². The molecule has 0 amide bonds. The van der Waals surface area contributed by atoms with Crippen LogP contribution in [0.25, 0.3) is 0 Å². The zero-order valence-corrected chi connectivity index (χ0v) is 9.56. The zero-order valence-electron chi connectivity index (χ0n) is 9.56. The minimum absolute atomic E-state index is 0.0974. The van der Waals surface area contributed by atoms with Crippen LogP contribution in [0.5, 0.6) is 0 Å². The summed E-state index contributed by atoms with van der Waals surface area (Å²) in [5, 5.41) is 0. The molecule has 90 valence electrons. The molecule has 0 aromatic heterocycles. The summed E-state index contributed by atoms with van der Waals surface area (Å²) in [6.07, 6.45) is 7.39. The second-order valence-electron chi connectivity index (χ2n) is 4.31. The van der Waals surface area contributed by atoms with Crippen LogP contribution in [-0.2, 0) is 19.0 Å². The molecule has 1 saturated heterocycles. The minimum atomic E-state index is -0.271. The van der Waals surface area contributed by atoms with Gasteiger partial charge in [-0.1, -0.05) is 12.2 Å². The molecular weight excluding hydrogens is 208 g/mol. The summed E-state index contributed by atoms with van der Waals surface area (Å²) in [5.41, 5.74) is 0. The first kappa shape index (κ1) is 11.6. The van der Waals surface area contributed by atoms with E-state index in [9.17, 15) is 4.79 Å². The van der Waals surface area contributed by atoms with Gasteiger partial charge in [-0.15, -0.1) is 0 Å². The van der Waals surface area contributed by atoms with Crippen LogP contribution in [-0.4, -0.2) is 31.6 Å². The molecule has 0 aromatic rings. The topological polar surface area (TPSA) is 44.8 Å². The molecule has 1 heterocycles. The van der Waals surface area contributed by atoms with Gasteiger partial charge in [0, 0.05) is 12.8 Å². The van der Waals surface area contributed by atoms with Crippen molar-refractivity contribution in [2.24, 2.45) is 5.92 Å². The third-order valence-corrected chi connectivity index (χ3v) is 2.94. The van der Waals surface area contributed by atoms with Crippen molar-refractivity contribution in [1.29, 1.82) is 0 Å². The summed E-state index contributed by atoms with van der Waals surface area (Å²) in [7, 11) is 0. The van der Waals surface area contributed by atoms with Crippen LogP contribution < -0.4 is 0 Å². The molecule has 1 aliphatic carbocycles. The molecule has 0 aromatic carbocycles. The average Bonchev–Trinajstić information content (AvgIpc) is 2.76. The van der Waals surface area contributed by atoms with Gasteiger partial charge in [-0.05, 0) is 19.3 Å². The predicted molar refractivity (Wildman–Crippen MR) is 57.7 cm³/mol. The molecule has 4 heteroatoms. The molecule has 0 spiro atoms. The smallest absolute Gasteiger partial charge is 0.302 e. The maximum Gasteiger partial charge on any atom is 0.302 e. The molecule has 4 nitrogen and oxygen atoms in total. The Morgan fingerprint density at radius 3 is 3.06 bits per heavy atom. The predicted octanol–water partition coefficient (Wildman–Crippen LogP) is 1.65. The summed E-state index contributed by atoms with van der Waals surface area (Å²) >= 11 is 0. The largest absolute Gasteiger partial charge is 0.463 e. The number of hydrogen-bond acceptors (Lipinski definition) is 4. The Bertz CT molecular complexity index is 274. The normalized spacial score (nSPS) is 33.9. The fourth-order valence-electron chi connectivity index (χ4n) is 2.08. The number of carbonyl (C=O) groups is 1. The minimum Gasteiger partial charge on any atom is -0.463 e. The van der Waals surface area contributed by atoms with Gasteiger partial charge >= 0.3 is 5.97 Å². The van der Waals surface area contributed by atoms with Crippen molar-refractivity contribution >= 4 is 5.97 Å². The van der Waals surface area contributed by atoms with E-state index in [1.807, 2.05) is 0 Å². The van der Waals surface area contributed by atoms with Gasteiger partial charge in [-0.2, -0.15) is 0 Å². The number of ether oxygens (including phenoxy) is 3. The zero-order chi connectivity index (χ0) is 11.4. The Balaban J connectivity index is 1.74. The lowest BCUT2D eigenvalue weighted by Gasteiger charge is -2.23. The Labute approximate surface area is 95.6 Å². The average molecular weight is 226 g/mol. The summed E-state index contributed by atoms with van der Waals surface area (Å²) in [4.78, 5) is 10.7. The van der Waals surface area contributed by atoms with Crippen molar-refractivity contribution in [3.05, 3.63) is 12.2 Å². The first-order valence-electron chi connectivity index (χ1n) is 5.81. The van der Waals surface area contributed by atoms with E-state index in [0.29, 0.717) is 19.1 Å². The monoisotopic (exact) mass is 226 g/mol. The highest BCUT2D eigenvalue weighted by Crippen LogP contribution is 2.28. The van der Waals surface area contributed by atoms with E-state index < -0.39 is 0 Å². The highest BCUT2D eigenvalue weighted by Gasteiger charge is 2.32. The first-order chi connectivity index (χ1) is 7.75. The van der Waals surface area contributed by atoms with Gasteiger partial charge in [0.2, 0.25) is 0 Å². The molecule has 2 aliphatic rings. The maximum absolute atomic E-state index is 10.7. The first-order valence-corrected chi connectivity index (χ1v) is 5.81. The van der Waals surface area contributed by atoms with Crippen LogP contribution >= 0.6 is 0 Å². The van der Waals surface area contributed by atoms with Crippen LogP contribution in [0.3, 0.4) is 0 Å². The van der Waals surface area contributed by atoms with Gasteiger partial charge in [0.25, 0.3) is 0 Å². The van der Waals surface area contributed by atoms with E-state index in [1.54, 1.807) is 0 Å². The van der Waals surface area contributed by atoms with Crippen LogP contribution in [0, 0.1) is 5.92 Å². The van der Waals surface area contributed by atoms with Crippen molar-refractivity contribution in [2.75, 3.05) is 13.2 Å². The van der Waals surface area contributed by atoms with Crippen molar-refractivity contribution in [2.45, 2.75) is 38.6 Å². The summed E-state index contributed by atoms with van der Waals surface area (Å²) in [5.74, 6) is 0.181. The lowest BCUT2D eigenvalue weighted by molar-refractivity contribution is -0.147. The summed E-state index contributed by atoms with van der Waals surface area (Å²) in [6, 6.07) is 0. The van der Waals surface area contributed by atoms with E-state index in [-0.39, 0.29) is 18.4 Å². The van der Waals surface area contributed by atoms with Crippen LogP contribution in [0.4, 0.5) is 0 Å². The third kappa shape index (κ3) is 3.06. The third-order valence-electron chi connectivity index (χ3n) is 2.94. The van der Waals surface area contributed by atoms with Crippen LogP contribution in [0.15, 0.2) is 12.2 Å². The van der Waals surface area contributed by atoms with Crippen molar-refractivity contribution in [3.63, 3.8) is 0 Å². The second-order valence-corrected chi connectivity index (χ2v) is 4.31. The Morgan fingerprint density at radius 1 is 1.50 bits per heavy atom. The Hall–Kier alpha value is -0.870. The molecule has 0 bridgehead atoms. The molecule has 2 rings (SSSR count). The van der Waals surface area contributed by atoms with E-state index >= 15 is 0 Å². The molecule has 0 unspecified atom stereocenters. The number of allylic oxidation sites excluding steroid dienone is 2. The van der Waals surface area contributed by atoms with Crippen molar-refractivity contribution in [3.8, 4) is 0 Å². The molecule has 3 atom stereocenters. The van der Waals surface area contributed by atoms with E-state index in [2.05, 4.69) is 12.2 Å². The summed E-state index contributed by atoms with van der Waals surface area (Å²) in [6.45, 7) is 2.23. The molecule has 0 radical (unpaired) electrons. The molecule has 1 aliphatic heterocycles. The molecule has 0 saturated carbocycles. The van der Waals surface area contributed by atoms with Gasteiger partial charge in [-0.3, -0.25) is 4.79 Å². The van der Waals surface area contributed by atoms with E-state index in [4.69, 9.17) is 14.2 Å². The van der Waals surface area contributed by atoms with Crippen LogP contribution in [0.1, 0.15) is 26.2 Å². The maximum atomic E-state index is 10.7. The number of esters is 1. The molecule has 1 fully saturated rings. The fraction of sp³-hybridized carbons (Fsp3) is 0.750. The van der Waals surface area contributed by atoms with Gasteiger partial charge in [0.05, 0.1) is 6.61 Å². The fourth-order valence-corrected chi connectivity index (χ4v) is 2.08. The molecular formula is C12H18O4. The lowest BCUT2D eigenvalue weighted by Crippen LogP contribution is -2.25. The number of hydrogen-bond donors (Lipinski definition) is 0. The van der Waals surface area contributed by atoms with Crippen molar-refractivity contribution < 1.29 is 19.0 Å². The molecule has 16 heavy (non-hydrogen) atoms. The summed E-state index contributed by atoms with van der Waals surface area (Å²) < 4.78 is 16.2. The SMILES string of the molecule is CC(=O)OC[C@@H]1CO[C@@H]([C@H]2CC=CCC2)O1. The van der Waals surface area contributed by atoms with Crippen molar-refractivity contribution in [1.82, 2.24) is 0 Å². The van der Waals surface area contributed by atoms with Gasteiger partial charge in [0.15, 0.2) is 6.29 Å². The number of carbonyl (C=O) groups excluding carboxylic acids is 1. The quantitative estimate of drug-likeness (QED) is 0.542. The highest BCUT2D eigenvalue weighted by atomic mass is 16.7. The van der Waals surface area contributed by atoms with E-state index in [1.165, 1.54) is 6.92 Å².